The van der Waals surface area contributed by atoms with E-state index >= 15 is 0 Å². The zero-order chi connectivity index (χ0) is 13.6. The van der Waals surface area contributed by atoms with Crippen LogP contribution in [0.25, 0.3) is 0 Å². The Kier molecular flexibility index (Phi) is 7.71. The van der Waals surface area contributed by atoms with Gasteiger partial charge < -0.3 is 0 Å². The van der Waals surface area contributed by atoms with Crippen molar-refractivity contribution in [3.8, 4) is 0 Å². The summed E-state index contributed by atoms with van der Waals surface area (Å²) in [6.07, 6.45) is -9.68. The molecule has 0 aliphatic heterocycles. The van der Waals surface area contributed by atoms with Crippen LogP contribution >= 0.6 is 0 Å². The first kappa shape index (κ1) is 17.8. The predicted octanol–water partition coefficient (Wildman–Crippen LogP) is 1.64. The molecule has 100 valence electrons. The first-order chi connectivity index (χ1) is 7.17. The van der Waals surface area contributed by atoms with E-state index in [2.05, 4.69) is 11.7 Å². The summed E-state index contributed by atoms with van der Waals surface area (Å²) in [5.41, 5.74) is 0. The number of hydrogen-bond donors (Lipinski definition) is 2. The van der Waals surface area contributed by atoms with E-state index in [1.165, 1.54) is 13.8 Å². The van der Waals surface area contributed by atoms with Crippen molar-refractivity contribution in [3.05, 3.63) is 0 Å². The Hall–Kier alpha value is -0.540. The molecule has 16 heavy (non-hydrogen) atoms. The molecule has 0 saturated heterocycles. The van der Waals surface area contributed by atoms with E-state index in [9.17, 15) is 26.3 Å². The molecule has 0 rings (SSSR count). The van der Waals surface area contributed by atoms with Crippen LogP contribution in [-0.4, -0.2) is 36.4 Å². The van der Waals surface area contributed by atoms with Gasteiger partial charge in [0, 0.05) is 13.1 Å². The maximum atomic E-state index is 12.8. The molecule has 4 N–H and O–H groups in total. The minimum atomic E-state index is -5.54. The van der Waals surface area contributed by atoms with Gasteiger partial charge in [-0.15, -0.1) is 0 Å². The average molecular weight is 255 g/mol. The van der Waals surface area contributed by atoms with E-state index in [1.807, 2.05) is 0 Å². The third kappa shape index (κ3) is 4.54. The molecule has 0 aliphatic rings. The topological polar surface area (TPSA) is 55.3 Å². The van der Waals surface area contributed by atoms with Crippen LogP contribution in [0, 0.1) is 0 Å². The van der Waals surface area contributed by atoms with Crippen LogP contribution in [0.2, 0.25) is 0 Å². The van der Waals surface area contributed by atoms with Gasteiger partial charge in [-0.3, -0.25) is 11.7 Å². The molecule has 0 fully saturated rings. The van der Waals surface area contributed by atoms with Crippen molar-refractivity contribution < 1.29 is 26.3 Å². The SMILES string of the molecule is CCN(CC)C(F)(F)C(F)C(F)(F)F.NN. The third-order valence-corrected chi connectivity index (χ3v) is 1.78. The first-order valence-corrected chi connectivity index (χ1v) is 4.34. The fourth-order valence-corrected chi connectivity index (χ4v) is 1.00. The molecule has 9 heteroatoms. The summed E-state index contributed by atoms with van der Waals surface area (Å²) in [6.45, 7) is 1.78. The largest absolute Gasteiger partial charge is 0.427 e. The Morgan fingerprint density at radius 3 is 1.50 bits per heavy atom. The van der Waals surface area contributed by atoms with Crippen molar-refractivity contribution >= 4 is 0 Å². The fraction of sp³-hybridized carbons (Fsp3) is 1.00. The summed E-state index contributed by atoms with van der Waals surface area (Å²) in [7, 11) is 0. The molecular formula is C7H15F6N3. The van der Waals surface area contributed by atoms with Crippen molar-refractivity contribution in [2.45, 2.75) is 32.2 Å². The molecule has 0 aromatic carbocycles. The van der Waals surface area contributed by atoms with Crippen molar-refractivity contribution in [2.75, 3.05) is 13.1 Å². The zero-order valence-corrected chi connectivity index (χ0v) is 8.86. The van der Waals surface area contributed by atoms with Crippen LogP contribution < -0.4 is 11.7 Å². The summed E-state index contributed by atoms with van der Waals surface area (Å²) in [4.78, 5) is 0.130. The molecule has 0 saturated carbocycles. The lowest BCUT2D eigenvalue weighted by molar-refractivity contribution is -0.287. The number of nitrogens with zero attached hydrogens (tertiary/aromatic N) is 1. The molecule has 0 heterocycles. The van der Waals surface area contributed by atoms with Crippen LogP contribution in [-0.2, 0) is 0 Å². The van der Waals surface area contributed by atoms with Crippen molar-refractivity contribution in [1.29, 1.82) is 0 Å². The number of halogens is 6. The van der Waals surface area contributed by atoms with E-state index in [1.54, 1.807) is 0 Å². The van der Waals surface area contributed by atoms with Gasteiger partial charge in [-0.1, -0.05) is 13.8 Å². The van der Waals surface area contributed by atoms with Crippen LogP contribution in [0.1, 0.15) is 13.8 Å². The van der Waals surface area contributed by atoms with Gasteiger partial charge in [0.25, 0.3) is 6.17 Å². The van der Waals surface area contributed by atoms with Gasteiger partial charge in [-0.2, -0.15) is 22.0 Å². The van der Waals surface area contributed by atoms with Crippen molar-refractivity contribution in [2.24, 2.45) is 11.7 Å². The minimum absolute atomic E-state index is 0.130. The smallest absolute Gasteiger partial charge is 0.274 e. The summed E-state index contributed by atoms with van der Waals surface area (Å²) >= 11 is 0. The lowest BCUT2D eigenvalue weighted by atomic mass is 10.2. The van der Waals surface area contributed by atoms with Crippen LogP contribution in [0.15, 0.2) is 0 Å². The Morgan fingerprint density at radius 1 is 1.00 bits per heavy atom. The average Bonchev–Trinajstić information content (AvgIpc) is 2.19. The summed E-state index contributed by atoms with van der Waals surface area (Å²) in [5.74, 6) is 8.00. The Morgan fingerprint density at radius 2 is 1.31 bits per heavy atom. The minimum Gasteiger partial charge on any atom is -0.274 e. The van der Waals surface area contributed by atoms with Gasteiger partial charge in [-0.25, -0.2) is 9.29 Å². The first-order valence-electron chi connectivity index (χ1n) is 4.34. The molecule has 0 amide bonds. The van der Waals surface area contributed by atoms with Gasteiger partial charge >= 0.3 is 12.2 Å². The van der Waals surface area contributed by atoms with E-state index in [0.29, 0.717) is 0 Å². The maximum absolute atomic E-state index is 12.8. The maximum Gasteiger partial charge on any atom is 0.427 e. The number of hydrogen-bond acceptors (Lipinski definition) is 3. The van der Waals surface area contributed by atoms with Crippen molar-refractivity contribution in [3.63, 3.8) is 0 Å². The van der Waals surface area contributed by atoms with E-state index < -0.39 is 18.4 Å². The molecule has 0 radical (unpaired) electrons. The van der Waals surface area contributed by atoms with Gasteiger partial charge in [0.15, 0.2) is 0 Å². The van der Waals surface area contributed by atoms with Gasteiger partial charge in [0.2, 0.25) is 0 Å². The van der Waals surface area contributed by atoms with Crippen LogP contribution in [0.4, 0.5) is 26.3 Å². The molecule has 1 unspecified atom stereocenters. The predicted molar refractivity (Wildman–Crippen MR) is 47.2 cm³/mol. The van der Waals surface area contributed by atoms with Crippen LogP contribution in [0.5, 0.6) is 0 Å². The second-order valence-electron chi connectivity index (χ2n) is 2.66. The van der Waals surface area contributed by atoms with Crippen LogP contribution in [0.3, 0.4) is 0 Å². The molecule has 1 atom stereocenters. The number of alkyl halides is 6. The monoisotopic (exact) mass is 255 g/mol. The zero-order valence-electron chi connectivity index (χ0n) is 8.86. The highest BCUT2D eigenvalue weighted by Crippen LogP contribution is 2.36. The third-order valence-electron chi connectivity index (χ3n) is 1.78. The summed E-state index contributed by atoms with van der Waals surface area (Å²) in [5, 5.41) is 0. The van der Waals surface area contributed by atoms with E-state index in [-0.39, 0.29) is 18.0 Å². The highest BCUT2D eigenvalue weighted by Gasteiger charge is 2.59. The van der Waals surface area contributed by atoms with E-state index in [0.717, 1.165) is 0 Å². The molecule has 0 bridgehead atoms. The Balaban J connectivity index is 0. The van der Waals surface area contributed by atoms with Gasteiger partial charge in [0.05, 0.1) is 0 Å². The fourth-order valence-electron chi connectivity index (χ4n) is 1.00. The summed E-state index contributed by atoms with van der Waals surface area (Å²) < 4.78 is 73.1. The second kappa shape index (κ2) is 6.92. The molecule has 3 nitrogen and oxygen atoms in total. The number of hydrazine groups is 1. The Labute approximate surface area is 89.3 Å². The van der Waals surface area contributed by atoms with Crippen molar-refractivity contribution in [1.82, 2.24) is 4.90 Å². The highest BCUT2D eigenvalue weighted by molar-refractivity contribution is 4.82. The normalized spacial score (nSPS) is 14.4. The lowest BCUT2D eigenvalue weighted by Crippen LogP contribution is -2.53. The Bertz CT molecular complexity index is 179. The molecule has 0 aromatic rings. The quantitative estimate of drug-likeness (QED) is 0.347. The second-order valence-corrected chi connectivity index (χ2v) is 2.66. The standard InChI is InChI=1S/C7H11F6N.H4N2/c1-3-14(4-2)7(12,13)5(8)6(9,10)11;1-2/h5H,3-4H2,1-2H3;1-2H2. The molecule has 0 aromatic heterocycles. The highest BCUT2D eigenvalue weighted by atomic mass is 19.4. The molecule has 0 spiro atoms. The number of rotatable bonds is 4. The molecular weight excluding hydrogens is 240 g/mol. The lowest BCUT2D eigenvalue weighted by Gasteiger charge is -2.32. The number of nitrogens with two attached hydrogens (primary N) is 2. The van der Waals surface area contributed by atoms with E-state index in [4.69, 9.17) is 0 Å². The molecule has 0 aliphatic carbocycles. The van der Waals surface area contributed by atoms with Gasteiger partial charge in [0.1, 0.15) is 0 Å². The summed E-state index contributed by atoms with van der Waals surface area (Å²) in [6, 6.07) is -4.50. The van der Waals surface area contributed by atoms with Gasteiger partial charge in [-0.05, 0) is 0 Å².